The predicted molar refractivity (Wildman–Crippen MR) is 99.9 cm³/mol. The first-order valence-corrected chi connectivity index (χ1v) is 8.32. The molecule has 0 bridgehead atoms. The summed E-state index contributed by atoms with van der Waals surface area (Å²) in [4.78, 5) is 23.1. The number of amides is 2. The predicted octanol–water partition coefficient (Wildman–Crippen LogP) is 2.69. The first kappa shape index (κ1) is 17.4. The van der Waals surface area contributed by atoms with Crippen LogP contribution in [0.3, 0.4) is 0 Å². The highest BCUT2D eigenvalue weighted by Gasteiger charge is 2.07. The van der Waals surface area contributed by atoms with Crippen LogP contribution in [-0.4, -0.2) is 21.6 Å². The van der Waals surface area contributed by atoms with Crippen LogP contribution >= 0.6 is 0 Å². The molecule has 0 atom stereocenters. The molecule has 0 aliphatic heterocycles. The lowest BCUT2D eigenvalue weighted by molar-refractivity contribution is -0.120. The second kappa shape index (κ2) is 8.11. The van der Waals surface area contributed by atoms with E-state index in [1.54, 1.807) is 10.9 Å². The van der Waals surface area contributed by atoms with Gasteiger partial charge in [-0.05, 0) is 35.4 Å². The van der Waals surface area contributed by atoms with Gasteiger partial charge in [-0.2, -0.15) is 5.10 Å². The summed E-state index contributed by atoms with van der Waals surface area (Å²) in [6, 6.07) is 17.1. The summed E-state index contributed by atoms with van der Waals surface area (Å²) in [5, 5.41) is 9.90. The van der Waals surface area contributed by atoms with Gasteiger partial charge >= 0.3 is 0 Å². The van der Waals surface area contributed by atoms with Gasteiger partial charge in [0.05, 0.1) is 18.3 Å². The van der Waals surface area contributed by atoms with Crippen molar-refractivity contribution in [2.75, 3.05) is 5.32 Å². The van der Waals surface area contributed by atoms with E-state index in [0.29, 0.717) is 6.54 Å². The molecule has 0 saturated carbocycles. The van der Waals surface area contributed by atoms with Gasteiger partial charge in [0.2, 0.25) is 11.8 Å². The molecule has 6 nitrogen and oxygen atoms in total. The molecule has 3 rings (SSSR count). The Bertz CT molecular complexity index is 886. The van der Waals surface area contributed by atoms with Gasteiger partial charge in [0.1, 0.15) is 0 Å². The highest BCUT2D eigenvalue weighted by molar-refractivity contribution is 5.88. The van der Waals surface area contributed by atoms with E-state index in [1.807, 2.05) is 60.8 Å². The minimum atomic E-state index is -0.109. The zero-order chi connectivity index (χ0) is 18.4. The molecule has 2 aromatic carbocycles. The lowest BCUT2D eigenvalue weighted by atomic mass is 10.2. The van der Waals surface area contributed by atoms with Gasteiger partial charge in [-0.1, -0.05) is 30.3 Å². The lowest BCUT2D eigenvalue weighted by Crippen LogP contribution is -2.24. The van der Waals surface area contributed by atoms with Gasteiger partial charge in [0, 0.05) is 25.4 Å². The molecule has 1 heterocycles. The maximum absolute atomic E-state index is 12.1. The number of nitrogens with zero attached hydrogens (tertiary/aromatic N) is 2. The fraction of sp³-hybridized carbons (Fsp3) is 0.150. The van der Waals surface area contributed by atoms with E-state index in [0.717, 1.165) is 22.5 Å². The fourth-order valence-corrected chi connectivity index (χ4v) is 2.53. The third-order valence-corrected chi connectivity index (χ3v) is 3.79. The van der Waals surface area contributed by atoms with Crippen molar-refractivity contribution in [2.24, 2.45) is 0 Å². The van der Waals surface area contributed by atoms with Crippen LogP contribution in [0.15, 0.2) is 67.0 Å². The largest absolute Gasteiger partial charge is 0.352 e. The average molecular weight is 348 g/mol. The molecule has 2 amide bonds. The molecule has 0 spiro atoms. The molecule has 132 valence electrons. The van der Waals surface area contributed by atoms with Crippen molar-refractivity contribution in [3.8, 4) is 5.69 Å². The molecule has 0 saturated heterocycles. The van der Waals surface area contributed by atoms with E-state index in [9.17, 15) is 9.59 Å². The first-order chi connectivity index (χ1) is 12.6. The lowest BCUT2D eigenvalue weighted by Gasteiger charge is -2.06. The van der Waals surface area contributed by atoms with Gasteiger partial charge in [-0.25, -0.2) is 4.68 Å². The Hall–Kier alpha value is -3.41. The first-order valence-electron chi connectivity index (χ1n) is 8.32. The second-order valence-corrected chi connectivity index (χ2v) is 5.96. The summed E-state index contributed by atoms with van der Waals surface area (Å²) in [5.41, 5.74) is 3.51. The maximum Gasteiger partial charge on any atom is 0.224 e. The Labute approximate surface area is 151 Å². The third-order valence-electron chi connectivity index (χ3n) is 3.79. The monoisotopic (exact) mass is 348 g/mol. The van der Waals surface area contributed by atoms with Crippen LogP contribution < -0.4 is 10.6 Å². The smallest absolute Gasteiger partial charge is 0.224 e. The van der Waals surface area contributed by atoms with E-state index in [1.165, 1.54) is 6.92 Å². The molecule has 2 N–H and O–H groups in total. The average Bonchev–Trinajstić information content (AvgIpc) is 3.10. The van der Waals surface area contributed by atoms with Gasteiger partial charge < -0.3 is 10.6 Å². The Kier molecular flexibility index (Phi) is 5.43. The van der Waals surface area contributed by atoms with Gasteiger partial charge in [0.25, 0.3) is 0 Å². The van der Waals surface area contributed by atoms with E-state index < -0.39 is 0 Å². The SMILES string of the molecule is CC(=O)Nc1ccc(CNC(=O)Cc2cnn(-c3ccccc3)c2)cc1. The minimum Gasteiger partial charge on any atom is -0.352 e. The van der Waals surface area contributed by atoms with E-state index in [-0.39, 0.29) is 18.2 Å². The molecule has 0 radical (unpaired) electrons. The Balaban J connectivity index is 1.51. The minimum absolute atomic E-state index is 0.0662. The second-order valence-electron chi connectivity index (χ2n) is 5.96. The van der Waals surface area contributed by atoms with Crippen molar-refractivity contribution in [1.82, 2.24) is 15.1 Å². The molecular weight excluding hydrogens is 328 g/mol. The topological polar surface area (TPSA) is 76.0 Å². The molecule has 0 unspecified atom stereocenters. The van der Waals surface area contributed by atoms with Crippen LogP contribution in [0.1, 0.15) is 18.1 Å². The normalized spacial score (nSPS) is 10.3. The zero-order valence-corrected chi connectivity index (χ0v) is 14.5. The summed E-state index contributed by atoms with van der Waals surface area (Å²) in [5.74, 6) is -0.175. The zero-order valence-electron chi connectivity index (χ0n) is 14.5. The van der Waals surface area contributed by atoms with E-state index >= 15 is 0 Å². The highest BCUT2D eigenvalue weighted by atomic mass is 16.2. The number of hydrogen-bond acceptors (Lipinski definition) is 3. The standard InChI is InChI=1S/C20H20N4O2/c1-15(25)23-18-9-7-16(8-10-18)12-21-20(26)11-17-13-22-24(14-17)19-5-3-2-4-6-19/h2-10,13-14H,11-12H2,1H3,(H,21,26)(H,23,25). The van der Waals surface area contributed by atoms with E-state index in [2.05, 4.69) is 15.7 Å². The molecule has 6 heteroatoms. The van der Waals surface area contributed by atoms with Crippen LogP contribution in [0.4, 0.5) is 5.69 Å². The number of benzene rings is 2. The Morgan fingerprint density at radius 3 is 2.42 bits per heavy atom. The van der Waals surface area contributed by atoms with Gasteiger partial charge in [0.15, 0.2) is 0 Å². The summed E-state index contributed by atoms with van der Waals surface area (Å²) in [6.45, 7) is 1.90. The summed E-state index contributed by atoms with van der Waals surface area (Å²) in [7, 11) is 0. The van der Waals surface area contributed by atoms with Crippen LogP contribution in [0, 0.1) is 0 Å². The summed E-state index contributed by atoms with van der Waals surface area (Å²) < 4.78 is 1.75. The van der Waals surface area contributed by atoms with Crippen molar-refractivity contribution in [1.29, 1.82) is 0 Å². The molecule has 0 aliphatic carbocycles. The van der Waals surface area contributed by atoms with Crippen LogP contribution in [0.2, 0.25) is 0 Å². The van der Waals surface area contributed by atoms with Crippen molar-refractivity contribution in [3.05, 3.63) is 78.1 Å². The highest BCUT2D eigenvalue weighted by Crippen LogP contribution is 2.10. The number of carbonyl (C=O) groups is 2. The Morgan fingerprint density at radius 2 is 1.73 bits per heavy atom. The number of para-hydroxylation sites is 1. The fourth-order valence-electron chi connectivity index (χ4n) is 2.53. The van der Waals surface area contributed by atoms with Gasteiger partial charge in [-0.3, -0.25) is 9.59 Å². The molecule has 3 aromatic rings. The molecular formula is C20H20N4O2. The number of aromatic nitrogens is 2. The molecule has 26 heavy (non-hydrogen) atoms. The number of rotatable bonds is 6. The summed E-state index contributed by atoms with van der Waals surface area (Å²) >= 11 is 0. The number of anilines is 1. The van der Waals surface area contributed by atoms with Crippen molar-refractivity contribution < 1.29 is 9.59 Å². The third kappa shape index (κ3) is 4.80. The number of carbonyl (C=O) groups excluding carboxylic acids is 2. The van der Waals surface area contributed by atoms with Gasteiger partial charge in [-0.15, -0.1) is 0 Å². The number of nitrogens with one attached hydrogen (secondary N) is 2. The van der Waals surface area contributed by atoms with Crippen LogP contribution in [-0.2, 0) is 22.6 Å². The van der Waals surface area contributed by atoms with Crippen molar-refractivity contribution in [2.45, 2.75) is 19.9 Å². The summed E-state index contributed by atoms with van der Waals surface area (Å²) in [6.07, 6.45) is 3.84. The van der Waals surface area contributed by atoms with E-state index in [4.69, 9.17) is 0 Å². The number of hydrogen-bond donors (Lipinski definition) is 2. The quantitative estimate of drug-likeness (QED) is 0.719. The van der Waals surface area contributed by atoms with Crippen molar-refractivity contribution >= 4 is 17.5 Å². The Morgan fingerprint density at radius 1 is 1.00 bits per heavy atom. The maximum atomic E-state index is 12.1. The van der Waals surface area contributed by atoms with Crippen LogP contribution in [0.5, 0.6) is 0 Å². The molecule has 0 aliphatic rings. The molecule has 0 fully saturated rings. The molecule has 1 aromatic heterocycles. The van der Waals surface area contributed by atoms with Crippen molar-refractivity contribution in [3.63, 3.8) is 0 Å². The van der Waals surface area contributed by atoms with Crippen LogP contribution in [0.25, 0.3) is 5.69 Å².